The van der Waals surface area contributed by atoms with Gasteiger partial charge in [0, 0.05) is 32.2 Å². The quantitative estimate of drug-likeness (QED) is 0.921. The molecule has 3 rings (SSSR count). The average Bonchev–Trinajstić information content (AvgIpc) is 2.97. The minimum absolute atomic E-state index is 0.467. The fourth-order valence-electron chi connectivity index (χ4n) is 2.85. The van der Waals surface area contributed by atoms with Gasteiger partial charge in [-0.2, -0.15) is 0 Å². The van der Waals surface area contributed by atoms with Gasteiger partial charge >= 0.3 is 0 Å². The van der Waals surface area contributed by atoms with E-state index in [2.05, 4.69) is 53.2 Å². The molecule has 0 bridgehead atoms. The summed E-state index contributed by atoms with van der Waals surface area (Å²) in [5, 5.41) is 3.40. The van der Waals surface area contributed by atoms with Crippen molar-refractivity contribution in [2.75, 3.05) is 44.3 Å². The molecule has 0 aromatic heterocycles. The summed E-state index contributed by atoms with van der Waals surface area (Å²) in [7, 11) is 0. The predicted molar refractivity (Wildman–Crippen MR) is 86.4 cm³/mol. The zero-order valence-corrected chi connectivity index (χ0v) is 12.9. The number of aliphatic imine (C=N–C) groups is 1. The van der Waals surface area contributed by atoms with Gasteiger partial charge in [0.05, 0.1) is 24.6 Å². The topological polar surface area (TPSA) is 40.1 Å². The lowest BCUT2D eigenvalue weighted by Gasteiger charge is -2.30. The van der Waals surface area contributed by atoms with Crippen molar-refractivity contribution in [3.05, 3.63) is 24.3 Å². The average molecular weight is 288 g/mol. The first kappa shape index (κ1) is 14.2. The van der Waals surface area contributed by atoms with Gasteiger partial charge in [-0.3, -0.25) is 0 Å². The minimum atomic E-state index is 0.467. The van der Waals surface area contributed by atoms with Crippen molar-refractivity contribution in [3.8, 4) is 0 Å². The van der Waals surface area contributed by atoms with Crippen LogP contribution in [0.5, 0.6) is 0 Å². The van der Waals surface area contributed by atoms with Crippen molar-refractivity contribution in [2.24, 2.45) is 4.99 Å². The first-order chi connectivity index (χ1) is 10.3. The van der Waals surface area contributed by atoms with Gasteiger partial charge in [-0.05, 0) is 26.0 Å². The van der Waals surface area contributed by atoms with Crippen molar-refractivity contribution < 1.29 is 4.74 Å². The standard InChI is InChI=1S/C16H24N4O/c1-13(2)20-8-7-17-16(20)18-14-5-3-4-6-15(14)19-9-11-21-12-10-19/h3-6,13H,7-12H2,1-2H3,(H,17,18). The van der Waals surface area contributed by atoms with Crippen molar-refractivity contribution in [1.29, 1.82) is 0 Å². The fourth-order valence-corrected chi connectivity index (χ4v) is 2.85. The predicted octanol–water partition coefficient (Wildman–Crippen LogP) is 1.82. The van der Waals surface area contributed by atoms with E-state index in [1.807, 2.05) is 0 Å². The van der Waals surface area contributed by atoms with Crippen LogP contribution in [0.2, 0.25) is 0 Å². The summed E-state index contributed by atoms with van der Waals surface area (Å²) < 4.78 is 5.44. The lowest BCUT2D eigenvalue weighted by molar-refractivity contribution is 0.123. The lowest BCUT2D eigenvalue weighted by atomic mass is 10.2. The number of hydrogen-bond acceptors (Lipinski definition) is 3. The summed E-state index contributed by atoms with van der Waals surface area (Å²) in [6.07, 6.45) is 0. The number of nitrogens with one attached hydrogen (secondary N) is 1. The highest BCUT2D eigenvalue weighted by molar-refractivity contribution is 5.86. The minimum Gasteiger partial charge on any atom is -0.378 e. The van der Waals surface area contributed by atoms with Crippen molar-refractivity contribution >= 4 is 17.3 Å². The number of anilines is 1. The van der Waals surface area contributed by atoms with Crippen LogP contribution in [0.15, 0.2) is 29.3 Å². The number of hydrogen-bond donors (Lipinski definition) is 1. The van der Waals surface area contributed by atoms with Crippen LogP contribution < -0.4 is 10.2 Å². The molecule has 5 heteroatoms. The smallest absolute Gasteiger partial charge is 0.199 e. The van der Waals surface area contributed by atoms with Gasteiger partial charge in [-0.25, -0.2) is 4.99 Å². The zero-order valence-electron chi connectivity index (χ0n) is 12.9. The Labute approximate surface area is 126 Å². The molecule has 0 aliphatic carbocycles. The van der Waals surface area contributed by atoms with Crippen LogP contribution in [0.3, 0.4) is 0 Å². The van der Waals surface area contributed by atoms with Gasteiger partial charge in [-0.1, -0.05) is 12.1 Å². The van der Waals surface area contributed by atoms with E-state index in [0.29, 0.717) is 6.04 Å². The summed E-state index contributed by atoms with van der Waals surface area (Å²) in [5.74, 6) is 0.991. The second-order valence-corrected chi connectivity index (χ2v) is 5.74. The second-order valence-electron chi connectivity index (χ2n) is 5.74. The normalized spacial score (nSPS) is 21.2. The monoisotopic (exact) mass is 288 g/mol. The fraction of sp³-hybridized carbons (Fsp3) is 0.562. The van der Waals surface area contributed by atoms with E-state index in [9.17, 15) is 0 Å². The van der Waals surface area contributed by atoms with Crippen LogP contribution >= 0.6 is 0 Å². The molecule has 0 saturated carbocycles. The molecule has 2 saturated heterocycles. The highest BCUT2D eigenvalue weighted by Crippen LogP contribution is 2.29. The van der Waals surface area contributed by atoms with Crippen LogP contribution in [0.1, 0.15) is 13.8 Å². The molecular weight excluding hydrogens is 264 g/mol. The van der Waals surface area contributed by atoms with E-state index in [-0.39, 0.29) is 0 Å². The molecular formula is C16H24N4O. The third kappa shape index (κ3) is 3.13. The summed E-state index contributed by atoms with van der Waals surface area (Å²) in [4.78, 5) is 9.56. The molecule has 0 amide bonds. The maximum atomic E-state index is 5.44. The molecule has 21 heavy (non-hydrogen) atoms. The molecule has 114 valence electrons. The summed E-state index contributed by atoms with van der Waals surface area (Å²) in [6, 6.07) is 8.85. The number of para-hydroxylation sites is 2. The SMILES string of the molecule is CC(C)N1CCN/C1=N\c1ccccc1N1CCOCC1. The Kier molecular flexibility index (Phi) is 4.29. The molecule has 2 heterocycles. The molecule has 5 nitrogen and oxygen atoms in total. The number of benzene rings is 1. The van der Waals surface area contributed by atoms with E-state index < -0.39 is 0 Å². The number of morpholine rings is 1. The molecule has 0 unspecified atom stereocenters. The summed E-state index contributed by atoms with van der Waals surface area (Å²) >= 11 is 0. The number of ether oxygens (including phenoxy) is 1. The molecule has 0 radical (unpaired) electrons. The second kappa shape index (κ2) is 6.35. The number of nitrogens with zero attached hydrogens (tertiary/aromatic N) is 3. The molecule has 2 aliphatic rings. The largest absolute Gasteiger partial charge is 0.378 e. The number of rotatable bonds is 3. The first-order valence-electron chi connectivity index (χ1n) is 7.76. The van der Waals surface area contributed by atoms with E-state index in [1.54, 1.807) is 0 Å². The van der Waals surface area contributed by atoms with Crippen LogP contribution in [-0.4, -0.2) is 56.3 Å². The Morgan fingerprint density at radius 3 is 2.67 bits per heavy atom. The summed E-state index contributed by atoms with van der Waals surface area (Å²) in [6.45, 7) is 9.86. The van der Waals surface area contributed by atoms with Crippen LogP contribution in [0.25, 0.3) is 0 Å². The van der Waals surface area contributed by atoms with Crippen LogP contribution in [-0.2, 0) is 4.74 Å². The van der Waals surface area contributed by atoms with E-state index in [1.165, 1.54) is 5.69 Å². The zero-order chi connectivity index (χ0) is 14.7. The van der Waals surface area contributed by atoms with E-state index in [4.69, 9.17) is 9.73 Å². The highest BCUT2D eigenvalue weighted by Gasteiger charge is 2.21. The molecule has 0 spiro atoms. The Bertz CT molecular complexity index is 509. The van der Waals surface area contributed by atoms with Crippen molar-refractivity contribution in [1.82, 2.24) is 10.2 Å². The Morgan fingerprint density at radius 1 is 1.14 bits per heavy atom. The molecule has 2 aliphatic heterocycles. The Balaban J connectivity index is 1.88. The summed E-state index contributed by atoms with van der Waals surface area (Å²) in [5.41, 5.74) is 2.24. The third-order valence-electron chi connectivity index (χ3n) is 3.99. The molecule has 1 aromatic rings. The van der Waals surface area contributed by atoms with Crippen LogP contribution in [0, 0.1) is 0 Å². The maximum Gasteiger partial charge on any atom is 0.199 e. The van der Waals surface area contributed by atoms with Crippen molar-refractivity contribution in [3.63, 3.8) is 0 Å². The Hall–Kier alpha value is -1.75. The van der Waals surface area contributed by atoms with E-state index in [0.717, 1.165) is 51.0 Å². The molecule has 2 fully saturated rings. The first-order valence-corrected chi connectivity index (χ1v) is 7.76. The Morgan fingerprint density at radius 2 is 1.90 bits per heavy atom. The lowest BCUT2D eigenvalue weighted by Crippen LogP contribution is -2.37. The molecule has 0 atom stereocenters. The van der Waals surface area contributed by atoms with Gasteiger partial charge in [0.2, 0.25) is 0 Å². The third-order valence-corrected chi connectivity index (χ3v) is 3.99. The van der Waals surface area contributed by atoms with E-state index >= 15 is 0 Å². The van der Waals surface area contributed by atoms with Gasteiger partial charge in [-0.15, -0.1) is 0 Å². The van der Waals surface area contributed by atoms with Gasteiger partial charge in [0.15, 0.2) is 5.96 Å². The molecule has 1 N–H and O–H groups in total. The van der Waals surface area contributed by atoms with Crippen molar-refractivity contribution in [2.45, 2.75) is 19.9 Å². The number of guanidine groups is 1. The maximum absolute atomic E-state index is 5.44. The van der Waals surface area contributed by atoms with Gasteiger partial charge < -0.3 is 19.9 Å². The van der Waals surface area contributed by atoms with Crippen LogP contribution in [0.4, 0.5) is 11.4 Å². The van der Waals surface area contributed by atoms with Gasteiger partial charge in [0.1, 0.15) is 0 Å². The molecule has 1 aromatic carbocycles. The van der Waals surface area contributed by atoms with Gasteiger partial charge in [0.25, 0.3) is 0 Å². The highest BCUT2D eigenvalue weighted by atomic mass is 16.5.